The van der Waals surface area contributed by atoms with Gasteiger partial charge in [-0.1, -0.05) is 31.0 Å². The Hall–Kier alpha value is -1.60. The molecular formula is C18H24FN3O2S. The molecule has 0 aromatic heterocycles. The van der Waals surface area contributed by atoms with Gasteiger partial charge in [-0.3, -0.25) is 14.9 Å². The molecule has 1 aliphatic carbocycles. The number of hydrogen-bond donors (Lipinski definition) is 3. The quantitative estimate of drug-likeness (QED) is 0.723. The number of hydrogen-bond acceptors (Lipinski definition) is 4. The third-order valence-electron chi connectivity index (χ3n) is 4.63. The smallest absolute Gasteiger partial charge is 0.223 e. The van der Waals surface area contributed by atoms with E-state index in [1.54, 1.807) is 18.2 Å². The molecule has 25 heavy (non-hydrogen) atoms. The summed E-state index contributed by atoms with van der Waals surface area (Å²) in [6.07, 6.45) is 5.01. The summed E-state index contributed by atoms with van der Waals surface area (Å²) in [4.78, 5) is 24.1. The zero-order valence-corrected chi connectivity index (χ0v) is 14.9. The van der Waals surface area contributed by atoms with Crippen molar-refractivity contribution in [1.29, 1.82) is 0 Å². The SMILES string of the molecule is O=C(CC1CC(=O)NC(SCc2ccccc2F)N1)NC1CCCC1. The minimum Gasteiger partial charge on any atom is -0.353 e. The van der Waals surface area contributed by atoms with Crippen molar-refractivity contribution >= 4 is 23.6 Å². The summed E-state index contributed by atoms with van der Waals surface area (Å²) in [5, 5.41) is 9.17. The van der Waals surface area contributed by atoms with E-state index in [1.165, 1.54) is 30.7 Å². The number of nitrogens with one attached hydrogen (secondary N) is 3. The average Bonchev–Trinajstić information content (AvgIpc) is 3.06. The van der Waals surface area contributed by atoms with Crippen LogP contribution in [0.5, 0.6) is 0 Å². The van der Waals surface area contributed by atoms with Crippen LogP contribution in [0.15, 0.2) is 24.3 Å². The molecule has 2 amide bonds. The molecule has 3 N–H and O–H groups in total. The molecular weight excluding hydrogens is 341 g/mol. The molecule has 2 unspecified atom stereocenters. The van der Waals surface area contributed by atoms with Crippen LogP contribution in [0.4, 0.5) is 4.39 Å². The Morgan fingerprint density at radius 1 is 1.28 bits per heavy atom. The molecule has 1 saturated carbocycles. The zero-order chi connectivity index (χ0) is 17.6. The van der Waals surface area contributed by atoms with Crippen LogP contribution in [0.3, 0.4) is 0 Å². The summed E-state index contributed by atoms with van der Waals surface area (Å²) in [6.45, 7) is 0. The first-order valence-corrected chi connectivity index (χ1v) is 9.85. The maximum Gasteiger partial charge on any atom is 0.223 e. The molecule has 1 aromatic carbocycles. The maximum atomic E-state index is 13.7. The first-order chi connectivity index (χ1) is 12.1. The van der Waals surface area contributed by atoms with Gasteiger partial charge in [-0.05, 0) is 24.5 Å². The Balaban J connectivity index is 1.48. The van der Waals surface area contributed by atoms with Crippen LogP contribution >= 0.6 is 11.8 Å². The Labute approximate surface area is 151 Å². The Bertz CT molecular complexity index is 622. The van der Waals surface area contributed by atoms with Crippen molar-refractivity contribution in [3.8, 4) is 0 Å². The van der Waals surface area contributed by atoms with E-state index in [2.05, 4.69) is 16.0 Å². The van der Waals surface area contributed by atoms with E-state index in [1.807, 2.05) is 0 Å². The predicted octanol–water partition coefficient (Wildman–Crippen LogP) is 2.27. The van der Waals surface area contributed by atoms with Gasteiger partial charge < -0.3 is 10.6 Å². The third kappa shape index (κ3) is 5.44. The monoisotopic (exact) mass is 365 g/mol. The maximum absolute atomic E-state index is 13.7. The zero-order valence-electron chi connectivity index (χ0n) is 14.1. The van der Waals surface area contributed by atoms with E-state index in [9.17, 15) is 14.0 Å². The summed E-state index contributed by atoms with van der Waals surface area (Å²) in [5.74, 6) is 0.121. The molecule has 7 heteroatoms. The molecule has 2 atom stereocenters. The fourth-order valence-electron chi connectivity index (χ4n) is 3.33. The molecule has 5 nitrogen and oxygen atoms in total. The normalized spacial score (nSPS) is 24.1. The van der Waals surface area contributed by atoms with Gasteiger partial charge in [-0.15, -0.1) is 11.8 Å². The molecule has 3 rings (SSSR count). The summed E-state index contributed by atoms with van der Waals surface area (Å²) in [5.41, 5.74) is 0.287. The van der Waals surface area contributed by atoms with Crippen molar-refractivity contribution in [2.75, 3.05) is 0 Å². The van der Waals surface area contributed by atoms with Crippen LogP contribution in [-0.4, -0.2) is 29.4 Å². The molecule has 136 valence electrons. The lowest BCUT2D eigenvalue weighted by molar-refractivity contribution is -0.125. The van der Waals surface area contributed by atoms with Crippen molar-refractivity contribution < 1.29 is 14.0 Å². The Kier molecular flexibility index (Phi) is 6.31. The molecule has 1 saturated heterocycles. The third-order valence-corrected chi connectivity index (χ3v) is 5.69. The lowest BCUT2D eigenvalue weighted by atomic mass is 10.1. The van der Waals surface area contributed by atoms with Crippen LogP contribution in [0.2, 0.25) is 0 Å². The van der Waals surface area contributed by atoms with Crippen molar-refractivity contribution in [1.82, 2.24) is 16.0 Å². The van der Waals surface area contributed by atoms with Gasteiger partial charge in [0.25, 0.3) is 0 Å². The Morgan fingerprint density at radius 2 is 2.04 bits per heavy atom. The lowest BCUT2D eigenvalue weighted by Crippen LogP contribution is -2.55. The van der Waals surface area contributed by atoms with Gasteiger partial charge >= 0.3 is 0 Å². The predicted molar refractivity (Wildman–Crippen MR) is 96.2 cm³/mol. The number of halogens is 1. The lowest BCUT2D eigenvalue weighted by Gasteiger charge is -2.31. The van der Waals surface area contributed by atoms with E-state index >= 15 is 0 Å². The molecule has 2 aliphatic rings. The van der Waals surface area contributed by atoms with Crippen molar-refractivity contribution in [2.45, 2.75) is 61.9 Å². The van der Waals surface area contributed by atoms with Crippen LogP contribution in [0.25, 0.3) is 0 Å². The highest BCUT2D eigenvalue weighted by molar-refractivity contribution is 7.99. The van der Waals surface area contributed by atoms with E-state index in [0.29, 0.717) is 17.7 Å². The van der Waals surface area contributed by atoms with Crippen molar-refractivity contribution in [3.63, 3.8) is 0 Å². The molecule has 1 aromatic rings. The molecule has 1 heterocycles. The molecule has 1 aliphatic heterocycles. The van der Waals surface area contributed by atoms with E-state index in [4.69, 9.17) is 0 Å². The van der Waals surface area contributed by atoms with Gasteiger partial charge in [0.05, 0.1) is 0 Å². The van der Waals surface area contributed by atoms with Crippen molar-refractivity contribution in [3.05, 3.63) is 35.6 Å². The Morgan fingerprint density at radius 3 is 2.80 bits per heavy atom. The largest absolute Gasteiger partial charge is 0.353 e. The fourth-order valence-corrected chi connectivity index (χ4v) is 4.42. The van der Waals surface area contributed by atoms with Gasteiger partial charge in [0.2, 0.25) is 11.8 Å². The number of benzene rings is 1. The summed E-state index contributed by atoms with van der Waals surface area (Å²) < 4.78 is 13.7. The minimum atomic E-state index is -0.315. The molecule has 0 bridgehead atoms. The second-order valence-electron chi connectivity index (χ2n) is 6.67. The standard InChI is InChI=1S/C18H24FN3O2S/c19-15-8-4-1-5-12(15)11-25-18-21-14(10-17(24)22-18)9-16(23)20-13-6-2-3-7-13/h1,4-5,8,13-14,18,21H,2-3,6-7,9-11H2,(H,20,23)(H,22,24). The molecule has 2 fully saturated rings. The number of carbonyl (C=O) groups excluding carboxylic acids is 2. The summed E-state index contributed by atoms with van der Waals surface area (Å²) >= 11 is 1.42. The second-order valence-corrected chi connectivity index (χ2v) is 7.76. The number of rotatable bonds is 6. The van der Waals surface area contributed by atoms with Crippen molar-refractivity contribution in [2.24, 2.45) is 0 Å². The number of thioether (sulfide) groups is 1. The van der Waals surface area contributed by atoms with Crippen LogP contribution in [0.1, 0.15) is 44.1 Å². The second kappa shape index (κ2) is 8.67. The molecule has 0 radical (unpaired) electrons. The van der Waals surface area contributed by atoms with E-state index in [-0.39, 0.29) is 41.6 Å². The summed E-state index contributed by atoms with van der Waals surface area (Å²) in [6, 6.07) is 6.72. The first kappa shape index (κ1) is 18.2. The molecule has 0 spiro atoms. The average molecular weight is 365 g/mol. The van der Waals surface area contributed by atoms with E-state index < -0.39 is 0 Å². The number of amides is 2. The fraction of sp³-hybridized carbons (Fsp3) is 0.556. The van der Waals surface area contributed by atoms with Gasteiger partial charge in [0.1, 0.15) is 11.3 Å². The highest BCUT2D eigenvalue weighted by Gasteiger charge is 2.28. The number of carbonyl (C=O) groups is 2. The van der Waals surface area contributed by atoms with E-state index in [0.717, 1.165) is 12.8 Å². The van der Waals surface area contributed by atoms with Crippen LogP contribution < -0.4 is 16.0 Å². The minimum absolute atomic E-state index is 0.00282. The highest BCUT2D eigenvalue weighted by Crippen LogP contribution is 2.21. The highest BCUT2D eigenvalue weighted by atomic mass is 32.2. The van der Waals surface area contributed by atoms with Gasteiger partial charge in [0, 0.05) is 30.7 Å². The van der Waals surface area contributed by atoms with Crippen LogP contribution in [0, 0.1) is 5.82 Å². The topological polar surface area (TPSA) is 70.2 Å². The van der Waals surface area contributed by atoms with Gasteiger partial charge in [0.15, 0.2) is 0 Å². The first-order valence-electron chi connectivity index (χ1n) is 8.80. The summed E-state index contributed by atoms with van der Waals surface area (Å²) in [7, 11) is 0. The van der Waals surface area contributed by atoms with Gasteiger partial charge in [-0.2, -0.15) is 0 Å². The van der Waals surface area contributed by atoms with Gasteiger partial charge in [-0.25, -0.2) is 4.39 Å². The van der Waals surface area contributed by atoms with Crippen LogP contribution in [-0.2, 0) is 15.3 Å².